The summed E-state index contributed by atoms with van der Waals surface area (Å²) < 4.78 is 37.8. The summed E-state index contributed by atoms with van der Waals surface area (Å²) >= 11 is 0. The fourth-order valence-corrected chi connectivity index (χ4v) is 4.98. The van der Waals surface area contributed by atoms with Crippen LogP contribution in [0, 0.1) is 13.8 Å². The highest BCUT2D eigenvalue weighted by molar-refractivity contribution is 7.92. The number of carbonyl (C=O) groups excluding carboxylic acids is 1. The molecule has 3 rings (SSSR count). The third-order valence-electron chi connectivity index (χ3n) is 5.75. The number of nitrogens with zero attached hydrogens (tertiary/aromatic N) is 1. The van der Waals surface area contributed by atoms with Crippen molar-refractivity contribution in [2.45, 2.75) is 31.7 Å². The van der Waals surface area contributed by atoms with E-state index in [1.807, 2.05) is 32.9 Å². The van der Waals surface area contributed by atoms with Crippen molar-refractivity contribution in [1.82, 2.24) is 5.32 Å². The topological polar surface area (TPSA) is 84.9 Å². The van der Waals surface area contributed by atoms with E-state index in [-0.39, 0.29) is 16.8 Å². The maximum atomic E-state index is 13.1. The van der Waals surface area contributed by atoms with Gasteiger partial charge in [0.25, 0.3) is 15.9 Å². The molecule has 0 aromatic heterocycles. The third-order valence-corrected chi connectivity index (χ3v) is 7.53. The zero-order valence-electron chi connectivity index (χ0n) is 20.2. The van der Waals surface area contributed by atoms with Gasteiger partial charge in [0, 0.05) is 18.7 Å². The Morgan fingerprint density at radius 1 is 0.912 bits per heavy atom. The van der Waals surface area contributed by atoms with Gasteiger partial charge in [-0.15, -0.1) is 0 Å². The number of sulfonamides is 1. The first-order chi connectivity index (χ1) is 16.1. The monoisotopic (exact) mass is 482 g/mol. The molecule has 1 atom stereocenters. The van der Waals surface area contributed by atoms with Gasteiger partial charge >= 0.3 is 0 Å². The van der Waals surface area contributed by atoms with Crippen LogP contribution in [0.3, 0.4) is 0 Å². The van der Waals surface area contributed by atoms with E-state index in [0.717, 1.165) is 15.4 Å². The summed E-state index contributed by atoms with van der Waals surface area (Å²) in [5.41, 5.74) is 4.20. The maximum Gasteiger partial charge on any atom is 0.264 e. The van der Waals surface area contributed by atoms with Crippen LogP contribution < -0.4 is 19.1 Å². The van der Waals surface area contributed by atoms with E-state index in [2.05, 4.69) is 11.4 Å². The van der Waals surface area contributed by atoms with Gasteiger partial charge in [0.1, 0.15) is 0 Å². The third kappa shape index (κ3) is 5.17. The quantitative estimate of drug-likeness (QED) is 0.506. The van der Waals surface area contributed by atoms with Gasteiger partial charge < -0.3 is 14.8 Å². The van der Waals surface area contributed by atoms with Crippen LogP contribution >= 0.6 is 0 Å². The first kappa shape index (κ1) is 25.1. The number of methoxy groups -OCH3 is 2. The van der Waals surface area contributed by atoms with Crippen LogP contribution in [0.2, 0.25) is 0 Å². The van der Waals surface area contributed by atoms with Crippen molar-refractivity contribution in [1.29, 1.82) is 0 Å². The smallest absolute Gasteiger partial charge is 0.264 e. The first-order valence-corrected chi connectivity index (χ1v) is 12.2. The fraction of sp³-hybridized carbons (Fsp3) is 0.269. The second-order valence-corrected chi connectivity index (χ2v) is 10.1. The Labute approximate surface area is 201 Å². The second-order valence-electron chi connectivity index (χ2n) is 8.09. The molecule has 0 saturated heterocycles. The molecule has 180 valence electrons. The van der Waals surface area contributed by atoms with Crippen LogP contribution in [0.4, 0.5) is 5.69 Å². The van der Waals surface area contributed by atoms with Crippen molar-refractivity contribution >= 4 is 21.6 Å². The highest BCUT2D eigenvalue weighted by Crippen LogP contribution is 2.31. The molecule has 3 aromatic carbocycles. The van der Waals surface area contributed by atoms with E-state index in [1.165, 1.54) is 39.0 Å². The molecule has 3 aromatic rings. The van der Waals surface area contributed by atoms with E-state index in [0.29, 0.717) is 22.7 Å². The van der Waals surface area contributed by atoms with Crippen LogP contribution in [0.1, 0.15) is 40.0 Å². The molecule has 0 aliphatic carbocycles. The van der Waals surface area contributed by atoms with Crippen molar-refractivity contribution in [2.24, 2.45) is 0 Å². The Morgan fingerprint density at radius 3 is 2.15 bits per heavy atom. The van der Waals surface area contributed by atoms with E-state index < -0.39 is 10.0 Å². The number of hydrogen-bond donors (Lipinski definition) is 1. The molecule has 0 aliphatic heterocycles. The molecule has 0 fully saturated rings. The summed E-state index contributed by atoms with van der Waals surface area (Å²) in [4.78, 5) is 12.8. The van der Waals surface area contributed by atoms with Crippen molar-refractivity contribution < 1.29 is 22.7 Å². The van der Waals surface area contributed by atoms with Crippen LogP contribution in [0.15, 0.2) is 65.6 Å². The molecule has 8 heteroatoms. The number of aryl methyl sites for hydroxylation is 2. The standard InChI is InChI=1S/C26H30N2O5S/c1-17-7-13-23(18(2)15-17)19(3)27-26(29)20-8-10-21(11-9-20)28(4)34(30,31)22-12-14-24(32-5)25(16-22)33-6/h7-16,19H,1-6H3,(H,27,29)/t19-/m1/s1. The van der Waals surface area contributed by atoms with Crippen molar-refractivity contribution in [2.75, 3.05) is 25.6 Å². The van der Waals surface area contributed by atoms with Crippen LogP contribution in [-0.2, 0) is 10.0 Å². The van der Waals surface area contributed by atoms with E-state index >= 15 is 0 Å². The largest absolute Gasteiger partial charge is 0.493 e. The average molecular weight is 483 g/mol. The summed E-state index contributed by atoms with van der Waals surface area (Å²) in [5, 5.41) is 3.00. The Kier molecular flexibility index (Phi) is 7.51. The van der Waals surface area contributed by atoms with Crippen molar-refractivity contribution in [3.8, 4) is 11.5 Å². The highest BCUT2D eigenvalue weighted by Gasteiger charge is 2.23. The number of anilines is 1. The predicted octanol–water partition coefficient (Wildman–Crippen LogP) is 4.64. The van der Waals surface area contributed by atoms with E-state index in [4.69, 9.17) is 9.47 Å². The summed E-state index contributed by atoms with van der Waals surface area (Å²) in [6, 6.07) is 16.8. The maximum absolute atomic E-state index is 13.1. The van der Waals surface area contributed by atoms with Crippen molar-refractivity contribution in [3.63, 3.8) is 0 Å². The van der Waals surface area contributed by atoms with E-state index in [9.17, 15) is 13.2 Å². The molecule has 0 spiro atoms. The van der Waals surface area contributed by atoms with Gasteiger partial charge in [-0.3, -0.25) is 9.10 Å². The molecule has 0 radical (unpaired) electrons. The van der Waals surface area contributed by atoms with E-state index in [1.54, 1.807) is 30.3 Å². The molecule has 7 nitrogen and oxygen atoms in total. The van der Waals surface area contributed by atoms with Crippen molar-refractivity contribution in [3.05, 3.63) is 82.9 Å². The number of amides is 1. The lowest BCUT2D eigenvalue weighted by Gasteiger charge is -2.21. The second kappa shape index (κ2) is 10.2. The number of carbonyl (C=O) groups is 1. The van der Waals surface area contributed by atoms with Gasteiger partial charge in [0.15, 0.2) is 11.5 Å². The average Bonchev–Trinajstić information content (AvgIpc) is 2.82. The summed E-state index contributed by atoms with van der Waals surface area (Å²) in [5.74, 6) is 0.529. The zero-order chi connectivity index (χ0) is 25.0. The predicted molar refractivity (Wildman–Crippen MR) is 133 cm³/mol. The minimum absolute atomic E-state index is 0.0664. The van der Waals surface area contributed by atoms with Crippen LogP contribution in [0.25, 0.3) is 0 Å². The van der Waals surface area contributed by atoms with Gasteiger partial charge in [0.05, 0.1) is 30.8 Å². The van der Waals surface area contributed by atoms with Gasteiger partial charge in [-0.25, -0.2) is 8.42 Å². The van der Waals surface area contributed by atoms with Crippen LogP contribution in [0.5, 0.6) is 11.5 Å². The first-order valence-electron chi connectivity index (χ1n) is 10.8. The normalized spacial score (nSPS) is 12.1. The fourth-order valence-electron chi connectivity index (χ4n) is 3.77. The molecule has 0 saturated carbocycles. The van der Waals surface area contributed by atoms with Gasteiger partial charge in [-0.2, -0.15) is 0 Å². The van der Waals surface area contributed by atoms with Crippen LogP contribution in [-0.4, -0.2) is 35.6 Å². The SMILES string of the molecule is COc1ccc(S(=O)(=O)N(C)c2ccc(C(=O)N[C@H](C)c3ccc(C)cc3C)cc2)cc1OC. The number of benzene rings is 3. The molecule has 34 heavy (non-hydrogen) atoms. The molecule has 1 amide bonds. The zero-order valence-corrected chi connectivity index (χ0v) is 21.1. The molecule has 0 unspecified atom stereocenters. The molecule has 1 N–H and O–H groups in total. The molecule has 0 aliphatic rings. The van der Waals surface area contributed by atoms with Gasteiger partial charge in [-0.1, -0.05) is 23.8 Å². The Balaban J connectivity index is 1.77. The Bertz CT molecular complexity index is 1290. The Morgan fingerprint density at radius 2 is 1.56 bits per heavy atom. The molecule has 0 bridgehead atoms. The lowest BCUT2D eigenvalue weighted by molar-refractivity contribution is 0.0940. The number of rotatable bonds is 8. The number of ether oxygens (including phenoxy) is 2. The molecule has 0 heterocycles. The molecular weight excluding hydrogens is 452 g/mol. The molecular formula is C26H30N2O5S. The minimum atomic E-state index is -3.85. The summed E-state index contributed by atoms with van der Waals surface area (Å²) in [6.07, 6.45) is 0. The van der Waals surface area contributed by atoms with Gasteiger partial charge in [-0.05, 0) is 68.3 Å². The summed E-state index contributed by atoms with van der Waals surface area (Å²) in [7, 11) is 0.545. The number of hydrogen-bond acceptors (Lipinski definition) is 5. The van der Waals surface area contributed by atoms with Gasteiger partial charge in [0.2, 0.25) is 0 Å². The minimum Gasteiger partial charge on any atom is -0.493 e. The number of nitrogens with one attached hydrogen (secondary N) is 1. The lowest BCUT2D eigenvalue weighted by atomic mass is 10.00. The lowest BCUT2D eigenvalue weighted by Crippen LogP contribution is -2.28. The summed E-state index contributed by atoms with van der Waals surface area (Å²) in [6.45, 7) is 5.99. The highest BCUT2D eigenvalue weighted by atomic mass is 32.2. The Hall–Kier alpha value is -3.52.